The van der Waals surface area contributed by atoms with E-state index in [0.717, 1.165) is 108 Å². The van der Waals surface area contributed by atoms with Gasteiger partial charge in [-0.2, -0.15) is 0 Å². The second kappa shape index (κ2) is 67.9. The van der Waals surface area contributed by atoms with Gasteiger partial charge in [0, 0.05) is 25.7 Å². The van der Waals surface area contributed by atoms with Gasteiger partial charge in [0.1, 0.15) is 19.3 Å². The number of ether oxygens (including phenoxy) is 4. The molecule has 0 heterocycles. The highest BCUT2D eigenvalue weighted by Crippen LogP contribution is 2.45. The van der Waals surface area contributed by atoms with Gasteiger partial charge in [-0.15, -0.1) is 0 Å². The number of hydrogen-bond donors (Lipinski definition) is 3. The summed E-state index contributed by atoms with van der Waals surface area (Å²) in [6.07, 6.45) is 55.4. The number of carbonyl (C=O) groups excluding carboxylic acids is 4. The topological polar surface area (TPSA) is 237 Å². The quantitative estimate of drug-likeness (QED) is 0.0222. The van der Waals surface area contributed by atoms with Crippen LogP contribution in [0.25, 0.3) is 0 Å². The van der Waals surface area contributed by atoms with Crippen molar-refractivity contribution in [3.05, 3.63) is 0 Å². The fourth-order valence-electron chi connectivity index (χ4n) is 11.6. The number of unbranched alkanes of at least 4 members (excludes halogenated alkanes) is 44. The van der Waals surface area contributed by atoms with E-state index in [-0.39, 0.29) is 25.7 Å². The maximum Gasteiger partial charge on any atom is 0.472 e. The lowest BCUT2D eigenvalue weighted by Crippen LogP contribution is -2.30. The van der Waals surface area contributed by atoms with E-state index in [2.05, 4.69) is 41.5 Å². The molecule has 0 bridgehead atoms. The van der Waals surface area contributed by atoms with Crippen molar-refractivity contribution in [2.45, 2.75) is 413 Å². The van der Waals surface area contributed by atoms with E-state index in [1.165, 1.54) is 205 Å². The van der Waals surface area contributed by atoms with Gasteiger partial charge in [-0.05, 0) is 37.5 Å². The molecule has 19 heteroatoms. The molecule has 0 aromatic heterocycles. The van der Waals surface area contributed by atoms with E-state index in [0.29, 0.717) is 25.7 Å². The average Bonchev–Trinajstić information content (AvgIpc) is 1.84. The number of aliphatic hydroxyl groups is 1. The SMILES string of the molecule is CCCCCCCCCCCCCCCCCC(=O)OC[C@H](COP(=O)(O)OC[C@@H](O)COP(=O)(O)OC[C@@H](COC(=O)CCCCCCCCCC)OC(=O)CCCCCCCCCCCCC(C)CC)OC(=O)CCCCCCCCCCCCCCCCCC(C)C. The minimum Gasteiger partial charge on any atom is -0.462 e. The molecule has 0 aliphatic heterocycles. The monoisotopic (exact) mass is 1400 g/mol. The van der Waals surface area contributed by atoms with Gasteiger partial charge >= 0.3 is 39.5 Å². The van der Waals surface area contributed by atoms with Crippen LogP contribution in [-0.4, -0.2) is 96.7 Å². The molecular formula is C76H148O17P2. The maximum atomic E-state index is 13.1. The average molecular weight is 1400 g/mol. The lowest BCUT2D eigenvalue weighted by atomic mass is 9.99. The number of carbonyl (C=O) groups is 4. The molecule has 0 rings (SSSR count). The molecule has 0 aliphatic carbocycles. The largest absolute Gasteiger partial charge is 0.472 e. The molecule has 95 heavy (non-hydrogen) atoms. The fraction of sp³-hybridized carbons (Fsp3) is 0.947. The van der Waals surface area contributed by atoms with Crippen molar-refractivity contribution in [2.75, 3.05) is 39.6 Å². The van der Waals surface area contributed by atoms with Crippen LogP contribution in [0.3, 0.4) is 0 Å². The van der Waals surface area contributed by atoms with E-state index in [1.807, 2.05) is 0 Å². The summed E-state index contributed by atoms with van der Waals surface area (Å²) < 4.78 is 68.5. The Labute approximate surface area is 581 Å². The van der Waals surface area contributed by atoms with E-state index >= 15 is 0 Å². The molecule has 0 fully saturated rings. The third kappa shape index (κ3) is 69.0. The van der Waals surface area contributed by atoms with Gasteiger partial charge in [-0.3, -0.25) is 37.3 Å². The lowest BCUT2D eigenvalue weighted by Gasteiger charge is -2.21. The van der Waals surface area contributed by atoms with Crippen molar-refractivity contribution in [3.8, 4) is 0 Å². The van der Waals surface area contributed by atoms with Crippen molar-refractivity contribution in [2.24, 2.45) is 11.8 Å². The Kier molecular flexibility index (Phi) is 66.5. The molecule has 0 saturated carbocycles. The van der Waals surface area contributed by atoms with Crippen LogP contribution in [0.1, 0.15) is 395 Å². The second-order valence-corrected chi connectivity index (χ2v) is 31.0. The van der Waals surface area contributed by atoms with E-state index in [1.54, 1.807) is 0 Å². The zero-order chi connectivity index (χ0) is 70.0. The molecular weight excluding hydrogens is 1250 g/mol. The fourth-order valence-corrected chi connectivity index (χ4v) is 13.2. The van der Waals surface area contributed by atoms with Crippen molar-refractivity contribution in [1.82, 2.24) is 0 Å². The van der Waals surface area contributed by atoms with Crippen LogP contribution in [-0.2, 0) is 65.4 Å². The smallest absolute Gasteiger partial charge is 0.462 e. The Hall–Kier alpha value is -1.94. The Morgan fingerprint density at radius 3 is 0.800 bits per heavy atom. The molecule has 0 amide bonds. The van der Waals surface area contributed by atoms with Crippen LogP contribution in [0.15, 0.2) is 0 Å². The van der Waals surface area contributed by atoms with Gasteiger partial charge < -0.3 is 33.8 Å². The molecule has 0 saturated heterocycles. The van der Waals surface area contributed by atoms with Crippen LogP contribution in [0.5, 0.6) is 0 Å². The van der Waals surface area contributed by atoms with Gasteiger partial charge in [0.15, 0.2) is 12.2 Å². The molecule has 0 aromatic carbocycles. The van der Waals surface area contributed by atoms with Gasteiger partial charge in [0.2, 0.25) is 0 Å². The van der Waals surface area contributed by atoms with Crippen molar-refractivity contribution in [3.63, 3.8) is 0 Å². The summed E-state index contributed by atoms with van der Waals surface area (Å²) >= 11 is 0. The van der Waals surface area contributed by atoms with Crippen LogP contribution >= 0.6 is 15.6 Å². The van der Waals surface area contributed by atoms with Crippen LogP contribution in [0.2, 0.25) is 0 Å². The van der Waals surface area contributed by atoms with Gasteiger partial charge in [-0.1, -0.05) is 343 Å². The summed E-state index contributed by atoms with van der Waals surface area (Å²) in [4.78, 5) is 72.7. The van der Waals surface area contributed by atoms with Crippen LogP contribution in [0.4, 0.5) is 0 Å². The predicted molar refractivity (Wildman–Crippen MR) is 386 cm³/mol. The molecule has 0 spiro atoms. The Balaban J connectivity index is 5.22. The van der Waals surface area contributed by atoms with E-state index in [9.17, 15) is 43.2 Å². The summed E-state index contributed by atoms with van der Waals surface area (Å²) in [5, 5.41) is 10.6. The van der Waals surface area contributed by atoms with Gasteiger partial charge in [0.25, 0.3) is 0 Å². The molecule has 0 aromatic rings. The number of esters is 4. The predicted octanol–water partition coefficient (Wildman–Crippen LogP) is 22.3. The third-order valence-electron chi connectivity index (χ3n) is 18.1. The molecule has 3 unspecified atom stereocenters. The van der Waals surface area contributed by atoms with E-state index < -0.39 is 97.5 Å². The normalized spacial score (nSPS) is 14.3. The molecule has 0 radical (unpaired) electrons. The zero-order valence-corrected chi connectivity index (χ0v) is 63.8. The third-order valence-corrected chi connectivity index (χ3v) is 20.0. The van der Waals surface area contributed by atoms with E-state index in [4.69, 9.17) is 37.0 Å². The van der Waals surface area contributed by atoms with Gasteiger partial charge in [0.05, 0.1) is 26.4 Å². The Morgan fingerprint density at radius 2 is 0.537 bits per heavy atom. The highest BCUT2D eigenvalue weighted by Gasteiger charge is 2.30. The highest BCUT2D eigenvalue weighted by atomic mass is 31.2. The first-order chi connectivity index (χ1) is 45.9. The zero-order valence-electron chi connectivity index (χ0n) is 62.0. The molecule has 3 N–H and O–H groups in total. The summed E-state index contributed by atoms with van der Waals surface area (Å²) in [5.74, 6) is -0.511. The highest BCUT2D eigenvalue weighted by molar-refractivity contribution is 7.47. The summed E-state index contributed by atoms with van der Waals surface area (Å²) in [7, 11) is -9.91. The molecule has 564 valence electrons. The maximum absolute atomic E-state index is 13.1. The second-order valence-electron chi connectivity index (χ2n) is 28.1. The summed E-state index contributed by atoms with van der Waals surface area (Å²) in [6.45, 7) is 9.63. The molecule has 17 nitrogen and oxygen atoms in total. The van der Waals surface area contributed by atoms with Crippen LogP contribution < -0.4 is 0 Å². The number of phosphoric acid groups is 2. The Morgan fingerprint density at radius 1 is 0.305 bits per heavy atom. The number of aliphatic hydroxyl groups excluding tert-OH is 1. The molecule has 6 atom stereocenters. The first kappa shape index (κ1) is 93.1. The molecule has 0 aliphatic rings. The minimum absolute atomic E-state index is 0.106. The van der Waals surface area contributed by atoms with Crippen molar-refractivity contribution in [1.29, 1.82) is 0 Å². The standard InChI is InChI=1S/C76H148O17P2/c1-7-10-12-14-16-18-19-20-22-26-29-35-41-47-53-59-74(79)87-65-72(93-75(80)60-54-48-42-36-30-27-24-21-23-25-28-33-38-44-50-56-68(4)5)67-91-95(84,85)89-63-70(77)62-88-94(82,83)90-66-71(64-86-73(78)58-52-46-40-17-15-13-11-8-2)92-76(81)61-55-49-43-37-32-31-34-39-45-51-57-69(6)9-3/h68-72,77H,7-67H2,1-6H3,(H,82,83)(H,84,85)/t69?,70-,71+,72+/m0/s1. The summed E-state index contributed by atoms with van der Waals surface area (Å²) in [6, 6.07) is 0. The number of phosphoric ester groups is 2. The summed E-state index contributed by atoms with van der Waals surface area (Å²) in [5.41, 5.74) is 0. The first-order valence-corrected chi connectivity index (χ1v) is 42.5. The van der Waals surface area contributed by atoms with Crippen molar-refractivity contribution >= 4 is 39.5 Å². The minimum atomic E-state index is -4.96. The first-order valence-electron chi connectivity index (χ1n) is 39.5. The number of rotatable bonds is 75. The van der Waals surface area contributed by atoms with Crippen LogP contribution in [0, 0.1) is 11.8 Å². The van der Waals surface area contributed by atoms with Gasteiger partial charge in [-0.25, -0.2) is 9.13 Å². The lowest BCUT2D eigenvalue weighted by molar-refractivity contribution is -0.161. The Bertz CT molecular complexity index is 1840. The van der Waals surface area contributed by atoms with Crippen molar-refractivity contribution < 1.29 is 80.2 Å². The number of hydrogen-bond acceptors (Lipinski definition) is 15.